The summed E-state index contributed by atoms with van der Waals surface area (Å²) in [5, 5.41) is 0. The first-order chi connectivity index (χ1) is 22.8. The minimum atomic E-state index is -4.75. The Morgan fingerprint density at radius 1 is 0.532 bits per heavy atom. The number of hydrogen-bond donors (Lipinski definition) is 2. The van der Waals surface area contributed by atoms with E-state index < -0.39 is 32.5 Å². The molecule has 0 radical (unpaired) electrons. The second-order valence-electron chi connectivity index (χ2n) is 12.9. The molecule has 0 heterocycles. The van der Waals surface area contributed by atoms with Gasteiger partial charge in [-0.3, -0.25) is 14.1 Å². The normalized spacial score (nSPS) is 12.7. The van der Waals surface area contributed by atoms with Crippen molar-refractivity contribution in [1.29, 1.82) is 0 Å². The van der Waals surface area contributed by atoms with E-state index >= 15 is 0 Å². The number of phosphoric ester groups is 1. The van der Waals surface area contributed by atoms with Crippen LogP contribution in [0.15, 0.2) is 24.3 Å². The van der Waals surface area contributed by atoms with E-state index in [9.17, 15) is 14.2 Å². The summed E-state index contributed by atoms with van der Waals surface area (Å²) in [5.41, 5.74) is 0. The number of carbonyl (C=O) groups excluding carboxylic acids is 2. The predicted octanol–water partition coefficient (Wildman–Crippen LogP) is 11.2. The number of phosphoric acid groups is 1. The van der Waals surface area contributed by atoms with E-state index in [1.807, 2.05) is 0 Å². The van der Waals surface area contributed by atoms with Crippen molar-refractivity contribution in [3.63, 3.8) is 0 Å². The van der Waals surface area contributed by atoms with Gasteiger partial charge >= 0.3 is 19.8 Å². The van der Waals surface area contributed by atoms with Crippen LogP contribution in [0, 0.1) is 0 Å². The lowest BCUT2D eigenvalue weighted by atomic mass is 10.1. The maximum atomic E-state index is 12.3. The number of rotatable bonds is 35. The van der Waals surface area contributed by atoms with Gasteiger partial charge in [0.05, 0.1) is 6.61 Å². The Kier molecular flexibility index (Phi) is 33.3. The van der Waals surface area contributed by atoms with Gasteiger partial charge in [0.15, 0.2) is 6.10 Å². The molecule has 1 atom stereocenters. The molecule has 276 valence electrons. The zero-order valence-electron chi connectivity index (χ0n) is 30.2. The van der Waals surface area contributed by atoms with Crippen LogP contribution in [0.1, 0.15) is 187 Å². The Labute approximate surface area is 288 Å². The van der Waals surface area contributed by atoms with Gasteiger partial charge in [0.2, 0.25) is 0 Å². The Morgan fingerprint density at radius 2 is 0.894 bits per heavy atom. The quantitative estimate of drug-likeness (QED) is 0.0292. The van der Waals surface area contributed by atoms with Gasteiger partial charge in [0.25, 0.3) is 0 Å². The second kappa shape index (κ2) is 34.4. The van der Waals surface area contributed by atoms with Crippen LogP contribution in [-0.2, 0) is 28.2 Å². The van der Waals surface area contributed by atoms with E-state index in [4.69, 9.17) is 19.3 Å². The summed E-state index contributed by atoms with van der Waals surface area (Å²) in [4.78, 5) is 42.7. The van der Waals surface area contributed by atoms with E-state index in [1.54, 1.807) is 0 Å². The van der Waals surface area contributed by atoms with Crippen molar-refractivity contribution in [3.8, 4) is 0 Å². The zero-order chi connectivity index (χ0) is 34.7. The van der Waals surface area contributed by atoms with Gasteiger partial charge < -0.3 is 19.3 Å². The van der Waals surface area contributed by atoms with Gasteiger partial charge in [-0.2, -0.15) is 0 Å². The topological polar surface area (TPSA) is 119 Å². The maximum Gasteiger partial charge on any atom is 0.469 e. The average Bonchev–Trinajstić information content (AvgIpc) is 3.03. The first-order valence-electron chi connectivity index (χ1n) is 19.1. The first-order valence-corrected chi connectivity index (χ1v) is 20.7. The highest BCUT2D eigenvalue weighted by Crippen LogP contribution is 2.36. The summed E-state index contributed by atoms with van der Waals surface area (Å²) in [7, 11) is -4.75. The molecule has 0 saturated carbocycles. The van der Waals surface area contributed by atoms with Crippen LogP contribution in [0.3, 0.4) is 0 Å². The number of unbranched alkanes of at least 4 members (excludes halogenated alkanes) is 21. The van der Waals surface area contributed by atoms with Crippen molar-refractivity contribution in [2.75, 3.05) is 13.2 Å². The van der Waals surface area contributed by atoms with Crippen molar-refractivity contribution >= 4 is 19.8 Å². The lowest BCUT2D eigenvalue weighted by molar-refractivity contribution is -0.161. The van der Waals surface area contributed by atoms with Crippen LogP contribution < -0.4 is 0 Å². The molecule has 0 aliphatic rings. The minimum absolute atomic E-state index is 0.192. The lowest BCUT2D eigenvalue weighted by Crippen LogP contribution is -2.29. The SMILES string of the molecule is CCCCCCC/C=C/CCCCCCCC(=O)OC[C@H](COP(=O)(O)O)OC(=O)CCCCC/C=C/CCCCCCCCCC. The standard InChI is InChI=1S/C38H71O8P/c1-3-5-7-9-11-13-15-17-19-21-23-25-27-29-31-33-38(40)46-36(35-45-47(41,42)43)34-44-37(39)32-30-28-26-24-22-20-18-16-14-12-10-8-6-4-2/h16,18,21,23,36H,3-15,17,19-20,22,24-35H2,1-2H3,(H2,41,42,43)/b18-16+,23-21+/t36-/m1/s1. The van der Waals surface area contributed by atoms with Crippen molar-refractivity contribution in [3.05, 3.63) is 24.3 Å². The fourth-order valence-corrected chi connectivity index (χ4v) is 5.66. The molecule has 0 bridgehead atoms. The second-order valence-corrected chi connectivity index (χ2v) is 14.1. The molecular formula is C38H71O8P. The Hall–Kier alpha value is -1.47. The van der Waals surface area contributed by atoms with E-state index in [0.29, 0.717) is 12.8 Å². The summed E-state index contributed by atoms with van der Waals surface area (Å²) in [5.74, 6) is -0.910. The molecule has 0 aromatic heterocycles. The van der Waals surface area contributed by atoms with Crippen LogP contribution >= 0.6 is 7.82 Å². The van der Waals surface area contributed by atoms with E-state index in [2.05, 4.69) is 42.7 Å². The third-order valence-corrected chi connectivity index (χ3v) is 8.68. The molecule has 0 rings (SSSR count). The van der Waals surface area contributed by atoms with Gasteiger partial charge in [0, 0.05) is 12.8 Å². The average molecular weight is 687 g/mol. The number of allylic oxidation sites excluding steroid dienone is 4. The molecule has 0 amide bonds. The molecule has 0 spiro atoms. The third kappa shape index (κ3) is 37.2. The monoisotopic (exact) mass is 686 g/mol. The van der Waals surface area contributed by atoms with Crippen LogP contribution in [-0.4, -0.2) is 41.0 Å². The fourth-order valence-electron chi connectivity index (χ4n) is 5.30. The molecule has 8 nitrogen and oxygen atoms in total. The van der Waals surface area contributed by atoms with Gasteiger partial charge in [-0.25, -0.2) is 4.57 Å². The summed E-state index contributed by atoms with van der Waals surface area (Å²) in [6.07, 6.45) is 37.5. The van der Waals surface area contributed by atoms with Crippen molar-refractivity contribution in [2.24, 2.45) is 0 Å². The highest BCUT2D eigenvalue weighted by Gasteiger charge is 2.22. The van der Waals surface area contributed by atoms with Crippen molar-refractivity contribution < 1.29 is 37.9 Å². The number of carbonyl (C=O) groups is 2. The fraction of sp³-hybridized carbons (Fsp3) is 0.842. The largest absolute Gasteiger partial charge is 0.469 e. The number of ether oxygens (including phenoxy) is 2. The van der Waals surface area contributed by atoms with E-state index in [-0.39, 0.29) is 19.4 Å². The molecule has 0 saturated heterocycles. The Balaban J connectivity index is 3.99. The predicted molar refractivity (Wildman–Crippen MR) is 193 cm³/mol. The molecular weight excluding hydrogens is 615 g/mol. The van der Waals surface area contributed by atoms with E-state index in [0.717, 1.165) is 57.8 Å². The van der Waals surface area contributed by atoms with Gasteiger partial charge in [0.1, 0.15) is 6.61 Å². The number of hydrogen-bond acceptors (Lipinski definition) is 6. The van der Waals surface area contributed by atoms with Gasteiger partial charge in [-0.1, -0.05) is 134 Å². The Morgan fingerprint density at radius 3 is 1.32 bits per heavy atom. The number of esters is 2. The molecule has 0 aromatic carbocycles. The van der Waals surface area contributed by atoms with Crippen LogP contribution in [0.25, 0.3) is 0 Å². The van der Waals surface area contributed by atoms with Gasteiger partial charge in [-0.15, -0.1) is 0 Å². The summed E-state index contributed by atoms with van der Waals surface area (Å²) in [6, 6.07) is 0. The van der Waals surface area contributed by atoms with Crippen molar-refractivity contribution in [1.82, 2.24) is 0 Å². The van der Waals surface area contributed by atoms with Crippen LogP contribution in [0.4, 0.5) is 0 Å². The highest BCUT2D eigenvalue weighted by atomic mass is 31.2. The molecule has 0 aromatic rings. The molecule has 0 unspecified atom stereocenters. The smallest absolute Gasteiger partial charge is 0.462 e. The minimum Gasteiger partial charge on any atom is -0.462 e. The van der Waals surface area contributed by atoms with Crippen LogP contribution in [0.5, 0.6) is 0 Å². The lowest BCUT2D eigenvalue weighted by Gasteiger charge is -2.18. The summed E-state index contributed by atoms with van der Waals surface area (Å²) in [6.45, 7) is 3.65. The molecule has 0 fully saturated rings. The molecule has 0 aliphatic carbocycles. The van der Waals surface area contributed by atoms with Crippen LogP contribution in [0.2, 0.25) is 0 Å². The zero-order valence-corrected chi connectivity index (χ0v) is 31.1. The molecule has 9 heteroatoms. The van der Waals surface area contributed by atoms with Crippen molar-refractivity contribution in [2.45, 2.75) is 193 Å². The van der Waals surface area contributed by atoms with E-state index in [1.165, 1.54) is 89.9 Å². The summed E-state index contributed by atoms with van der Waals surface area (Å²) >= 11 is 0. The Bertz CT molecular complexity index is 823. The third-order valence-electron chi connectivity index (χ3n) is 8.19. The summed E-state index contributed by atoms with van der Waals surface area (Å²) < 4.78 is 26.3. The van der Waals surface area contributed by atoms with Gasteiger partial charge in [-0.05, 0) is 64.2 Å². The maximum absolute atomic E-state index is 12.3. The molecule has 0 aliphatic heterocycles. The highest BCUT2D eigenvalue weighted by molar-refractivity contribution is 7.46. The first kappa shape index (κ1) is 45.5. The molecule has 2 N–H and O–H groups in total. The molecule has 47 heavy (non-hydrogen) atoms.